The van der Waals surface area contributed by atoms with Gasteiger partial charge in [0.15, 0.2) is 0 Å². The van der Waals surface area contributed by atoms with Gasteiger partial charge in [-0.1, -0.05) is 19.1 Å². The fraction of sp³-hybridized carbons (Fsp3) is 0.300. The molecule has 0 saturated heterocycles. The average Bonchev–Trinajstić information content (AvgIpc) is 2.38. The minimum atomic E-state index is 0.671. The molecular formula is C10H17N4OS+. The van der Waals surface area contributed by atoms with Gasteiger partial charge in [-0.15, -0.1) is 0 Å². The van der Waals surface area contributed by atoms with Gasteiger partial charge < -0.3 is 4.72 Å². The van der Waals surface area contributed by atoms with Crippen molar-refractivity contribution in [3.8, 4) is 6.07 Å². The van der Waals surface area contributed by atoms with Gasteiger partial charge in [-0.3, -0.25) is 0 Å². The zero-order chi connectivity index (χ0) is 12.4. The molecule has 1 aromatic carbocycles. The Bertz CT molecular complexity index is 340. The Morgan fingerprint density at radius 3 is 2.69 bits per heavy atom. The molecule has 0 heterocycles. The quantitative estimate of drug-likeness (QED) is 0.543. The van der Waals surface area contributed by atoms with Crippen molar-refractivity contribution in [3.05, 3.63) is 29.8 Å². The standard InChI is InChI=1S/C10H13N3S.H4NO/c1-3-13(2)14-12-10-7-5-4-6-9(10)8-11;1-2/h4-7,12H,3H2,1-2H3;2H,1H3/q;+1. The summed E-state index contributed by atoms with van der Waals surface area (Å²) < 4.78 is 5.18. The third-order valence-electron chi connectivity index (χ3n) is 1.80. The Morgan fingerprint density at radius 1 is 1.50 bits per heavy atom. The molecule has 0 fully saturated rings. The summed E-state index contributed by atoms with van der Waals surface area (Å²) >= 11 is 1.49. The highest BCUT2D eigenvalue weighted by atomic mass is 32.2. The summed E-state index contributed by atoms with van der Waals surface area (Å²) in [5, 5.41) is 15.6. The van der Waals surface area contributed by atoms with E-state index in [1.54, 1.807) is 6.07 Å². The molecule has 0 spiro atoms. The first-order valence-corrected chi connectivity index (χ1v) is 5.50. The van der Waals surface area contributed by atoms with E-state index in [0.717, 1.165) is 12.2 Å². The molecule has 0 radical (unpaired) electrons. The monoisotopic (exact) mass is 241 g/mol. The molecule has 0 aromatic heterocycles. The molecule has 0 saturated carbocycles. The van der Waals surface area contributed by atoms with Crippen LogP contribution in [0.25, 0.3) is 0 Å². The Kier molecular flexibility index (Phi) is 8.29. The molecule has 5 nitrogen and oxygen atoms in total. The second-order valence-corrected chi connectivity index (χ2v) is 3.80. The number of hydrogen-bond acceptors (Lipinski definition) is 5. The summed E-state index contributed by atoms with van der Waals surface area (Å²) in [4.78, 5) is 0. The van der Waals surface area contributed by atoms with E-state index in [2.05, 4.69) is 23.6 Å². The summed E-state index contributed by atoms with van der Waals surface area (Å²) in [6, 6.07) is 9.61. The van der Waals surface area contributed by atoms with Gasteiger partial charge in [0.25, 0.3) is 0 Å². The molecule has 88 valence electrons. The van der Waals surface area contributed by atoms with Crippen LogP contribution >= 0.6 is 12.1 Å². The molecule has 5 N–H and O–H groups in total. The van der Waals surface area contributed by atoms with Crippen molar-refractivity contribution in [2.75, 3.05) is 18.3 Å². The van der Waals surface area contributed by atoms with E-state index in [0.29, 0.717) is 5.56 Å². The molecule has 0 unspecified atom stereocenters. The summed E-state index contributed by atoms with van der Waals surface area (Å²) in [6.07, 6.45) is 0. The first-order valence-electron chi connectivity index (χ1n) is 4.72. The zero-order valence-corrected chi connectivity index (χ0v) is 10.3. The van der Waals surface area contributed by atoms with Gasteiger partial charge in [-0.25, -0.2) is 15.4 Å². The molecule has 0 amide bonds. The molecule has 0 atom stereocenters. The maximum atomic E-state index is 8.83. The van der Waals surface area contributed by atoms with Crippen LogP contribution in [0.5, 0.6) is 0 Å². The van der Waals surface area contributed by atoms with Crippen LogP contribution in [0.3, 0.4) is 0 Å². The minimum absolute atomic E-state index is 0.671. The fourth-order valence-corrected chi connectivity index (χ4v) is 1.42. The van der Waals surface area contributed by atoms with Gasteiger partial charge in [-0.2, -0.15) is 5.26 Å². The second kappa shape index (κ2) is 9.00. The zero-order valence-electron chi connectivity index (χ0n) is 9.47. The average molecular weight is 241 g/mol. The van der Waals surface area contributed by atoms with Crippen LogP contribution in [0.2, 0.25) is 0 Å². The number of quaternary nitrogens is 1. The number of nitrogens with zero attached hydrogens (tertiary/aromatic N) is 2. The largest absolute Gasteiger partial charge is 0.315 e. The number of rotatable bonds is 4. The Labute approximate surface area is 100 Å². The van der Waals surface area contributed by atoms with Crippen molar-refractivity contribution in [2.45, 2.75) is 6.92 Å². The van der Waals surface area contributed by atoms with E-state index < -0.39 is 0 Å². The maximum Gasteiger partial charge on any atom is 0.101 e. The number of para-hydroxylation sites is 1. The van der Waals surface area contributed by atoms with E-state index in [1.807, 2.05) is 29.6 Å². The van der Waals surface area contributed by atoms with Crippen LogP contribution in [0, 0.1) is 11.3 Å². The minimum Gasteiger partial charge on any atom is -0.315 e. The van der Waals surface area contributed by atoms with Gasteiger partial charge in [0.05, 0.1) is 11.3 Å². The van der Waals surface area contributed by atoms with Crippen molar-refractivity contribution in [1.29, 1.82) is 5.26 Å². The van der Waals surface area contributed by atoms with Crippen LogP contribution in [-0.4, -0.2) is 23.1 Å². The van der Waals surface area contributed by atoms with E-state index in [9.17, 15) is 0 Å². The van der Waals surface area contributed by atoms with E-state index >= 15 is 0 Å². The van der Waals surface area contributed by atoms with E-state index in [-0.39, 0.29) is 0 Å². The fourth-order valence-electron chi connectivity index (χ4n) is 0.861. The second-order valence-electron chi connectivity index (χ2n) is 2.79. The van der Waals surface area contributed by atoms with E-state index in [4.69, 9.17) is 10.5 Å². The van der Waals surface area contributed by atoms with Crippen molar-refractivity contribution < 1.29 is 11.1 Å². The van der Waals surface area contributed by atoms with Crippen LogP contribution < -0.4 is 10.6 Å². The van der Waals surface area contributed by atoms with Gasteiger partial charge in [-0.05, 0) is 19.2 Å². The molecular weight excluding hydrogens is 224 g/mol. The highest BCUT2D eigenvalue weighted by Crippen LogP contribution is 2.18. The lowest BCUT2D eigenvalue weighted by Gasteiger charge is -2.14. The SMILES string of the molecule is CCN(C)SNc1ccccc1C#N.[NH3+]O. The lowest BCUT2D eigenvalue weighted by Crippen LogP contribution is -2.42. The topological polar surface area (TPSA) is 86.9 Å². The first-order chi connectivity index (χ1) is 7.77. The Balaban J connectivity index is 0.00000106. The maximum absolute atomic E-state index is 8.83. The van der Waals surface area contributed by atoms with Crippen LogP contribution in [-0.2, 0) is 0 Å². The summed E-state index contributed by atoms with van der Waals surface area (Å²) in [7, 11) is 1.99. The van der Waals surface area contributed by atoms with E-state index in [1.165, 1.54) is 12.1 Å². The van der Waals surface area contributed by atoms with Crippen molar-refractivity contribution >= 4 is 17.8 Å². The molecule has 1 aromatic rings. The lowest BCUT2D eigenvalue weighted by molar-refractivity contribution is -0.670. The van der Waals surface area contributed by atoms with Gasteiger partial charge in [0.1, 0.15) is 6.07 Å². The molecule has 0 bridgehead atoms. The molecule has 0 aliphatic carbocycles. The number of benzene rings is 1. The predicted molar refractivity (Wildman–Crippen MR) is 65.3 cm³/mol. The number of hydrogen-bond donors (Lipinski definition) is 3. The van der Waals surface area contributed by atoms with Crippen molar-refractivity contribution in [2.24, 2.45) is 0 Å². The molecule has 16 heavy (non-hydrogen) atoms. The highest BCUT2D eigenvalue weighted by molar-refractivity contribution is 7.98. The third-order valence-corrected chi connectivity index (χ3v) is 2.69. The Morgan fingerprint density at radius 2 is 2.12 bits per heavy atom. The number of nitrogens with one attached hydrogen (secondary N) is 1. The van der Waals surface area contributed by atoms with Gasteiger partial charge in [0.2, 0.25) is 0 Å². The number of anilines is 1. The number of nitriles is 1. The smallest absolute Gasteiger partial charge is 0.101 e. The van der Waals surface area contributed by atoms with Crippen LogP contribution in [0.1, 0.15) is 12.5 Å². The lowest BCUT2D eigenvalue weighted by atomic mass is 10.2. The summed E-state index contributed by atoms with van der Waals surface area (Å²) in [5.41, 5.74) is 1.53. The molecule has 0 aliphatic heterocycles. The normalized spacial score (nSPS) is 9.00. The van der Waals surface area contributed by atoms with Crippen molar-refractivity contribution in [3.63, 3.8) is 0 Å². The summed E-state index contributed by atoms with van der Waals surface area (Å²) in [6.45, 7) is 3.03. The van der Waals surface area contributed by atoms with Gasteiger partial charge in [0, 0.05) is 18.7 Å². The first kappa shape index (κ1) is 14.7. The van der Waals surface area contributed by atoms with Crippen molar-refractivity contribution in [1.82, 2.24) is 4.31 Å². The highest BCUT2D eigenvalue weighted by Gasteiger charge is 2.01. The van der Waals surface area contributed by atoms with Crippen LogP contribution in [0.15, 0.2) is 24.3 Å². The van der Waals surface area contributed by atoms with Crippen LogP contribution in [0.4, 0.5) is 5.69 Å². The van der Waals surface area contributed by atoms with Gasteiger partial charge >= 0.3 is 0 Å². The Hall–Kier alpha value is -1.26. The third kappa shape index (κ3) is 5.00. The molecule has 1 rings (SSSR count). The summed E-state index contributed by atoms with van der Waals surface area (Å²) in [5.74, 6) is 2.25. The molecule has 6 heteroatoms. The predicted octanol–water partition coefficient (Wildman–Crippen LogP) is 1.10. The molecule has 0 aliphatic rings.